The highest BCUT2D eigenvalue weighted by Crippen LogP contribution is 2.34. The molecule has 0 aliphatic heterocycles. The van der Waals surface area contributed by atoms with E-state index in [1.165, 1.54) is 0 Å². The molecular formula is C9H5BrCl2N4. The second-order valence-corrected chi connectivity index (χ2v) is 4.75. The van der Waals surface area contributed by atoms with Crippen molar-refractivity contribution in [3.63, 3.8) is 0 Å². The van der Waals surface area contributed by atoms with Gasteiger partial charge in [-0.15, -0.1) is 20.4 Å². The van der Waals surface area contributed by atoms with Crippen molar-refractivity contribution in [1.29, 1.82) is 0 Å². The first kappa shape index (κ1) is 11.7. The number of hydrogen-bond donors (Lipinski definition) is 0. The van der Waals surface area contributed by atoms with Gasteiger partial charge in [0.1, 0.15) is 0 Å². The molecule has 0 fully saturated rings. The molecule has 0 atom stereocenters. The summed E-state index contributed by atoms with van der Waals surface area (Å²) in [5.74, 6) is 0.807. The first-order valence-electron chi connectivity index (χ1n) is 4.27. The van der Waals surface area contributed by atoms with Crippen LogP contribution in [0.15, 0.2) is 16.6 Å². The molecule has 1 heterocycles. The lowest BCUT2D eigenvalue weighted by Crippen LogP contribution is -1.99. The van der Waals surface area contributed by atoms with Crippen molar-refractivity contribution >= 4 is 39.1 Å². The van der Waals surface area contributed by atoms with Crippen LogP contribution in [0.3, 0.4) is 0 Å². The van der Waals surface area contributed by atoms with E-state index in [0.29, 0.717) is 27.3 Å². The Balaban J connectivity index is 2.60. The third kappa shape index (κ3) is 2.31. The molecule has 0 aliphatic carbocycles. The fourth-order valence-corrected chi connectivity index (χ4v) is 2.51. The molecule has 0 unspecified atom stereocenters. The third-order valence-corrected chi connectivity index (χ3v) is 2.86. The van der Waals surface area contributed by atoms with Gasteiger partial charge >= 0.3 is 0 Å². The largest absolute Gasteiger partial charge is 0.206 e. The molecule has 0 N–H and O–H groups in total. The summed E-state index contributed by atoms with van der Waals surface area (Å²) in [6, 6.07) is 3.43. The Hall–Kier alpha value is -0.780. The number of benzene rings is 1. The van der Waals surface area contributed by atoms with Crippen molar-refractivity contribution in [2.45, 2.75) is 6.92 Å². The Morgan fingerprint density at radius 1 is 1.00 bits per heavy atom. The Labute approximate surface area is 110 Å². The van der Waals surface area contributed by atoms with Crippen molar-refractivity contribution in [2.75, 3.05) is 0 Å². The van der Waals surface area contributed by atoms with E-state index in [4.69, 9.17) is 23.2 Å². The van der Waals surface area contributed by atoms with Gasteiger partial charge in [-0.1, -0.05) is 39.1 Å². The molecule has 1 aromatic carbocycles. The summed E-state index contributed by atoms with van der Waals surface area (Å²) in [5, 5.41) is 16.3. The predicted octanol–water partition coefficient (Wildman–Crippen LogP) is 3.31. The van der Waals surface area contributed by atoms with Crippen LogP contribution in [-0.4, -0.2) is 20.4 Å². The zero-order valence-corrected chi connectivity index (χ0v) is 11.2. The van der Waals surface area contributed by atoms with E-state index < -0.39 is 0 Å². The summed E-state index contributed by atoms with van der Waals surface area (Å²) in [4.78, 5) is 0. The summed E-state index contributed by atoms with van der Waals surface area (Å²) in [7, 11) is 0. The summed E-state index contributed by atoms with van der Waals surface area (Å²) in [6.45, 7) is 1.70. The number of rotatable bonds is 1. The Morgan fingerprint density at radius 2 is 1.50 bits per heavy atom. The van der Waals surface area contributed by atoms with E-state index in [2.05, 4.69) is 36.3 Å². The van der Waals surface area contributed by atoms with Crippen molar-refractivity contribution in [3.05, 3.63) is 32.5 Å². The molecule has 7 heteroatoms. The van der Waals surface area contributed by atoms with E-state index in [0.717, 1.165) is 4.47 Å². The maximum absolute atomic E-state index is 6.06. The van der Waals surface area contributed by atoms with Gasteiger partial charge in [0, 0.05) is 4.47 Å². The minimum atomic E-state index is 0.313. The number of hydrogen-bond acceptors (Lipinski definition) is 4. The van der Waals surface area contributed by atoms with Crippen LogP contribution >= 0.6 is 39.1 Å². The predicted molar refractivity (Wildman–Crippen MR) is 65.5 cm³/mol. The molecule has 16 heavy (non-hydrogen) atoms. The average molecular weight is 320 g/mol. The Bertz CT molecular complexity index is 507. The summed E-state index contributed by atoms with van der Waals surface area (Å²) >= 11 is 15.4. The van der Waals surface area contributed by atoms with Gasteiger partial charge in [0.2, 0.25) is 5.82 Å². The minimum Gasteiger partial charge on any atom is -0.131 e. The molecule has 0 spiro atoms. The summed E-state index contributed by atoms with van der Waals surface area (Å²) < 4.78 is 0.791. The van der Waals surface area contributed by atoms with Crippen molar-refractivity contribution in [1.82, 2.24) is 20.4 Å². The highest BCUT2D eigenvalue weighted by Gasteiger charge is 2.13. The van der Waals surface area contributed by atoms with E-state index in [9.17, 15) is 0 Å². The van der Waals surface area contributed by atoms with Crippen molar-refractivity contribution in [2.24, 2.45) is 0 Å². The monoisotopic (exact) mass is 318 g/mol. The molecule has 0 aliphatic rings. The van der Waals surface area contributed by atoms with Gasteiger partial charge in [0.15, 0.2) is 5.82 Å². The second-order valence-electron chi connectivity index (χ2n) is 3.02. The molecule has 0 saturated carbocycles. The van der Waals surface area contributed by atoms with Crippen LogP contribution in [0.2, 0.25) is 10.0 Å². The molecule has 2 rings (SSSR count). The number of aromatic nitrogens is 4. The van der Waals surface area contributed by atoms with Gasteiger partial charge in [0.05, 0.1) is 15.6 Å². The summed E-state index contributed by atoms with van der Waals surface area (Å²) in [6.07, 6.45) is 0. The van der Waals surface area contributed by atoms with Gasteiger partial charge in [-0.05, 0) is 19.1 Å². The molecule has 0 radical (unpaired) electrons. The standard InChI is InChI=1S/C9H5BrCl2N4/c1-4-13-15-9(16-14-4)8-6(11)2-5(10)3-7(8)12/h2-3H,1H3. The lowest BCUT2D eigenvalue weighted by molar-refractivity contribution is 0.816. The fourth-order valence-electron chi connectivity index (χ4n) is 1.14. The number of halogens is 3. The summed E-state index contributed by atoms with van der Waals surface area (Å²) in [5.41, 5.74) is 0.534. The average Bonchev–Trinajstić information content (AvgIpc) is 2.19. The van der Waals surface area contributed by atoms with Crippen molar-refractivity contribution < 1.29 is 0 Å². The molecule has 82 valence electrons. The zero-order valence-electron chi connectivity index (χ0n) is 8.08. The molecule has 4 nitrogen and oxygen atoms in total. The topological polar surface area (TPSA) is 51.6 Å². The molecule has 0 bridgehead atoms. The minimum absolute atomic E-state index is 0.313. The highest BCUT2D eigenvalue weighted by atomic mass is 79.9. The smallest absolute Gasteiger partial charge is 0.131 e. The number of nitrogens with zero attached hydrogens (tertiary/aromatic N) is 4. The molecule has 0 saturated heterocycles. The maximum atomic E-state index is 6.06. The second kappa shape index (κ2) is 4.61. The van der Waals surface area contributed by atoms with Crippen LogP contribution in [0.1, 0.15) is 5.82 Å². The first-order chi connectivity index (χ1) is 7.58. The molecular weight excluding hydrogens is 315 g/mol. The van der Waals surface area contributed by atoms with Crippen LogP contribution in [0, 0.1) is 6.92 Å². The van der Waals surface area contributed by atoms with Crippen LogP contribution < -0.4 is 0 Å². The van der Waals surface area contributed by atoms with Gasteiger partial charge in [-0.2, -0.15) is 0 Å². The van der Waals surface area contributed by atoms with Gasteiger partial charge in [-0.25, -0.2) is 0 Å². The quantitative estimate of drug-likeness (QED) is 0.809. The normalized spacial score (nSPS) is 10.5. The van der Waals surface area contributed by atoms with Crippen LogP contribution in [-0.2, 0) is 0 Å². The fraction of sp³-hybridized carbons (Fsp3) is 0.111. The Morgan fingerprint density at radius 3 is 2.00 bits per heavy atom. The lowest BCUT2D eigenvalue weighted by Gasteiger charge is -2.04. The van der Waals surface area contributed by atoms with Gasteiger partial charge in [0.25, 0.3) is 0 Å². The third-order valence-electron chi connectivity index (χ3n) is 1.81. The highest BCUT2D eigenvalue weighted by molar-refractivity contribution is 9.10. The maximum Gasteiger partial charge on any atom is 0.206 e. The first-order valence-corrected chi connectivity index (χ1v) is 5.82. The van der Waals surface area contributed by atoms with E-state index in [-0.39, 0.29) is 0 Å². The van der Waals surface area contributed by atoms with E-state index in [1.807, 2.05) is 0 Å². The number of aryl methyl sites for hydroxylation is 1. The lowest BCUT2D eigenvalue weighted by atomic mass is 10.2. The van der Waals surface area contributed by atoms with Gasteiger partial charge < -0.3 is 0 Å². The molecule has 1 aromatic heterocycles. The SMILES string of the molecule is Cc1nnc(-c2c(Cl)cc(Br)cc2Cl)nn1. The van der Waals surface area contributed by atoms with Crippen molar-refractivity contribution in [3.8, 4) is 11.4 Å². The van der Waals surface area contributed by atoms with Crippen LogP contribution in [0.4, 0.5) is 0 Å². The van der Waals surface area contributed by atoms with E-state index in [1.54, 1.807) is 19.1 Å². The Kier molecular flexibility index (Phi) is 3.37. The van der Waals surface area contributed by atoms with Crippen LogP contribution in [0.25, 0.3) is 11.4 Å². The van der Waals surface area contributed by atoms with E-state index >= 15 is 0 Å². The van der Waals surface area contributed by atoms with Gasteiger partial charge in [-0.3, -0.25) is 0 Å². The van der Waals surface area contributed by atoms with Crippen LogP contribution in [0.5, 0.6) is 0 Å². The molecule has 2 aromatic rings. The molecule has 0 amide bonds. The zero-order chi connectivity index (χ0) is 11.7.